The Bertz CT molecular complexity index is 386. The van der Waals surface area contributed by atoms with Crippen LogP contribution in [0.5, 0.6) is 0 Å². The van der Waals surface area contributed by atoms with Gasteiger partial charge in [-0.15, -0.1) is 0 Å². The molecule has 5 nitrogen and oxygen atoms in total. The Morgan fingerprint density at radius 2 is 2.25 bits per heavy atom. The lowest BCUT2D eigenvalue weighted by Crippen LogP contribution is -2.37. The lowest BCUT2D eigenvalue weighted by molar-refractivity contribution is 0.669. The van der Waals surface area contributed by atoms with Crippen LogP contribution in [0.1, 0.15) is 26.6 Å². The third-order valence-electron chi connectivity index (χ3n) is 2.40. The number of nitrogens with zero attached hydrogens (tertiary/aromatic N) is 2. The maximum absolute atomic E-state index is 11.4. The van der Waals surface area contributed by atoms with Gasteiger partial charge in [0.05, 0.1) is 0 Å². The van der Waals surface area contributed by atoms with Crippen molar-refractivity contribution < 1.29 is 0 Å². The molecule has 0 spiro atoms. The molecule has 0 amide bonds. The van der Waals surface area contributed by atoms with Crippen molar-refractivity contribution in [1.29, 1.82) is 0 Å². The zero-order valence-corrected chi connectivity index (χ0v) is 10.2. The van der Waals surface area contributed by atoms with Gasteiger partial charge in [0.15, 0.2) is 0 Å². The van der Waals surface area contributed by atoms with Crippen LogP contribution in [0.3, 0.4) is 0 Å². The predicted molar refractivity (Wildman–Crippen MR) is 65.8 cm³/mol. The Morgan fingerprint density at radius 3 is 2.75 bits per heavy atom. The van der Waals surface area contributed by atoms with Gasteiger partial charge in [-0.05, 0) is 13.8 Å². The molecule has 0 aliphatic heterocycles. The van der Waals surface area contributed by atoms with Gasteiger partial charge in [-0.2, -0.15) is 0 Å². The van der Waals surface area contributed by atoms with E-state index in [1.54, 1.807) is 0 Å². The number of aromatic amines is 1. The van der Waals surface area contributed by atoms with Crippen molar-refractivity contribution in [3.63, 3.8) is 0 Å². The summed E-state index contributed by atoms with van der Waals surface area (Å²) in [6, 6.07) is 1.80. The monoisotopic (exact) mass is 224 g/mol. The second kappa shape index (κ2) is 5.65. The van der Waals surface area contributed by atoms with Crippen LogP contribution in [-0.4, -0.2) is 29.1 Å². The Kier molecular flexibility index (Phi) is 4.49. The van der Waals surface area contributed by atoms with Crippen molar-refractivity contribution in [2.24, 2.45) is 5.73 Å². The largest absolute Gasteiger partial charge is 0.353 e. The van der Waals surface area contributed by atoms with E-state index in [0.717, 1.165) is 6.42 Å². The summed E-state index contributed by atoms with van der Waals surface area (Å²) in [5.41, 5.74) is 5.45. The fourth-order valence-electron chi connectivity index (χ4n) is 1.59. The summed E-state index contributed by atoms with van der Waals surface area (Å²) in [5.74, 6) is 1.42. The minimum atomic E-state index is -0.107. The summed E-state index contributed by atoms with van der Waals surface area (Å²) in [4.78, 5) is 20.6. The highest BCUT2D eigenvalue weighted by Crippen LogP contribution is 2.11. The molecule has 90 valence electrons. The summed E-state index contributed by atoms with van der Waals surface area (Å²) in [7, 11) is 0. The van der Waals surface area contributed by atoms with E-state index in [0.29, 0.717) is 24.7 Å². The van der Waals surface area contributed by atoms with Crippen molar-refractivity contribution >= 4 is 5.82 Å². The van der Waals surface area contributed by atoms with E-state index in [4.69, 9.17) is 5.73 Å². The van der Waals surface area contributed by atoms with Crippen LogP contribution in [0.25, 0.3) is 0 Å². The highest BCUT2D eigenvalue weighted by Gasteiger charge is 2.12. The summed E-state index contributed by atoms with van der Waals surface area (Å²) in [6.07, 6.45) is 0.720. The normalized spacial score (nSPS) is 10.8. The molecule has 0 aliphatic carbocycles. The molecule has 1 rings (SSSR count). The highest BCUT2D eigenvalue weighted by molar-refractivity contribution is 5.38. The van der Waals surface area contributed by atoms with E-state index in [1.165, 1.54) is 6.07 Å². The van der Waals surface area contributed by atoms with Gasteiger partial charge in [-0.1, -0.05) is 6.92 Å². The first-order valence-electron chi connectivity index (χ1n) is 5.65. The first-order valence-corrected chi connectivity index (χ1v) is 5.65. The summed E-state index contributed by atoms with van der Waals surface area (Å²) in [5, 5.41) is 0. The van der Waals surface area contributed by atoms with Gasteiger partial charge in [0.1, 0.15) is 11.6 Å². The highest BCUT2D eigenvalue weighted by atomic mass is 16.1. The summed E-state index contributed by atoms with van der Waals surface area (Å²) >= 11 is 0. The molecule has 0 bridgehead atoms. The fourth-order valence-corrected chi connectivity index (χ4v) is 1.59. The van der Waals surface area contributed by atoms with Gasteiger partial charge in [-0.3, -0.25) is 4.79 Å². The Labute approximate surface area is 95.7 Å². The maximum Gasteiger partial charge on any atom is 0.252 e. The van der Waals surface area contributed by atoms with Crippen LogP contribution in [0.15, 0.2) is 10.9 Å². The van der Waals surface area contributed by atoms with Crippen molar-refractivity contribution in [2.75, 3.05) is 18.0 Å². The number of aryl methyl sites for hydroxylation is 1. The van der Waals surface area contributed by atoms with Crippen LogP contribution in [0.4, 0.5) is 5.82 Å². The number of anilines is 1. The van der Waals surface area contributed by atoms with Crippen LogP contribution >= 0.6 is 0 Å². The lowest BCUT2D eigenvalue weighted by atomic mass is 10.3. The minimum absolute atomic E-state index is 0.107. The van der Waals surface area contributed by atoms with Gasteiger partial charge >= 0.3 is 0 Å². The first-order chi connectivity index (χ1) is 7.58. The van der Waals surface area contributed by atoms with E-state index in [2.05, 4.69) is 23.8 Å². The van der Waals surface area contributed by atoms with Crippen molar-refractivity contribution in [3.05, 3.63) is 22.2 Å². The zero-order chi connectivity index (χ0) is 12.1. The number of nitrogens with one attached hydrogen (secondary N) is 1. The smallest absolute Gasteiger partial charge is 0.252 e. The Morgan fingerprint density at radius 1 is 1.56 bits per heavy atom. The number of rotatable bonds is 5. The van der Waals surface area contributed by atoms with E-state index in [9.17, 15) is 4.79 Å². The van der Waals surface area contributed by atoms with Crippen LogP contribution in [0, 0.1) is 0 Å². The van der Waals surface area contributed by atoms with Crippen LogP contribution in [0.2, 0.25) is 0 Å². The Balaban J connectivity index is 3.08. The topological polar surface area (TPSA) is 75.0 Å². The number of H-pyrrole nitrogens is 1. The molecular weight excluding hydrogens is 204 g/mol. The number of hydrogen-bond acceptors (Lipinski definition) is 4. The summed E-state index contributed by atoms with van der Waals surface area (Å²) in [6.45, 7) is 7.34. The standard InChI is InChI=1S/C11H20N4O/c1-4-9-13-10(7-11(16)14-9)15(6-5-12)8(2)3/h7-8H,4-6,12H2,1-3H3,(H,13,14,16). The second-order valence-electron chi connectivity index (χ2n) is 3.98. The van der Waals surface area contributed by atoms with E-state index in [1.807, 2.05) is 11.8 Å². The molecule has 0 saturated heterocycles. The predicted octanol–water partition coefficient (Wildman–Crippen LogP) is 0.506. The van der Waals surface area contributed by atoms with Crippen molar-refractivity contribution in [1.82, 2.24) is 9.97 Å². The molecule has 1 heterocycles. The van der Waals surface area contributed by atoms with Crippen molar-refractivity contribution in [3.8, 4) is 0 Å². The average molecular weight is 224 g/mol. The molecule has 0 atom stereocenters. The van der Waals surface area contributed by atoms with Crippen LogP contribution in [-0.2, 0) is 6.42 Å². The van der Waals surface area contributed by atoms with Crippen molar-refractivity contribution in [2.45, 2.75) is 33.2 Å². The van der Waals surface area contributed by atoms with Gasteiger partial charge in [-0.25, -0.2) is 4.98 Å². The molecule has 0 fully saturated rings. The molecule has 0 radical (unpaired) electrons. The third kappa shape index (κ3) is 3.06. The molecule has 16 heavy (non-hydrogen) atoms. The first kappa shape index (κ1) is 12.7. The number of hydrogen-bond donors (Lipinski definition) is 2. The molecule has 0 unspecified atom stereocenters. The molecular formula is C11H20N4O. The fraction of sp³-hybridized carbons (Fsp3) is 0.636. The molecule has 5 heteroatoms. The van der Waals surface area contributed by atoms with Crippen LogP contribution < -0.4 is 16.2 Å². The molecule has 3 N–H and O–H groups in total. The van der Waals surface area contributed by atoms with E-state index in [-0.39, 0.29) is 11.6 Å². The molecule has 0 aliphatic rings. The molecule has 0 aromatic carbocycles. The third-order valence-corrected chi connectivity index (χ3v) is 2.40. The van der Waals surface area contributed by atoms with Gasteiger partial charge < -0.3 is 15.6 Å². The minimum Gasteiger partial charge on any atom is -0.353 e. The maximum atomic E-state index is 11.4. The van der Waals surface area contributed by atoms with E-state index >= 15 is 0 Å². The summed E-state index contributed by atoms with van der Waals surface area (Å²) < 4.78 is 0. The molecule has 1 aromatic heterocycles. The SMILES string of the molecule is CCc1nc(N(CCN)C(C)C)cc(=O)[nH]1. The van der Waals surface area contributed by atoms with Gasteiger partial charge in [0.25, 0.3) is 5.56 Å². The molecule has 0 saturated carbocycles. The second-order valence-corrected chi connectivity index (χ2v) is 3.98. The quantitative estimate of drug-likeness (QED) is 0.764. The number of nitrogens with two attached hydrogens (primary N) is 1. The average Bonchev–Trinajstić information content (AvgIpc) is 2.24. The number of aromatic nitrogens is 2. The Hall–Kier alpha value is -1.36. The lowest BCUT2D eigenvalue weighted by Gasteiger charge is -2.27. The van der Waals surface area contributed by atoms with E-state index < -0.39 is 0 Å². The van der Waals surface area contributed by atoms with Gasteiger partial charge in [0, 0.05) is 31.6 Å². The molecule has 1 aromatic rings. The zero-order valence-electron chi connectivity index (χ0n) is 10.2. The van der Waals surface area contributed by atoms with Gasteiger partial charge in [0.2, 0.25) is 0 Å².